The van der Waals surface area contributed by atoms with Crippen LogP contribution in [0.2, 0.25) is 0 Å². The van der Waals surface area contributed by atoms with E-state index in [2.05, 4.69) is 0 Å². The number of aliphatic carboxylic acids is 1. The molecule has 6 heteroatoms. The fourth-order valence-corrected chi connectivity index (χ4v) is 1.77. The van der Waals surface area contributed by atoms with Gasteiger partial charge < -0.3 is 5.11 Å². The average molecular weight is 275 g/mol. The van der Waals surface area contributed by atoms with Crippen molar-refractivity contribution in [3.05, 3.63) is 34.9 Å². The molecule has 0 unspecified atom stereocenters. The van der Waals surface area contributed by atoms with Gasteiger partial charge in [0, 0.05) is 6.54 Å². The van der Waals surface area contributed by atoms with Crippen molar-refractivity contribution in [2.45, 2.75) is 26.6 Å². The summed E-state index contributed by atoms with van der Waals surface area (Å²) in [5.41, 5.74) is 2.69. The molecule has 0 fully saturated rings. The largest absolute Gasteiger partial charge is 0.480 e. The Kier molecular flexibility index (Phi) is 4.94. The maximum absolute atomic E-state index is 12.4. The first-order valence-corrected chi connectivity index (χ1v) is 5.74. The van der Waals surface area contributed by atoms with E-state index in [1.54, 1.807) is 12.1 Å². The van der Waals surface area contributed by atoms with Crippen LogP contribution >= 0.6 is 0 Å². The molecule has 0 aromatic heterocycles. The number of carboxylic acid groups (broad SMARTS) is 1. The summed E-state index contributed by atoms with van der Waals surface area (Å²) >= 11 is 0. The first kappa shape index (κ1) is 15.5. The lowest BCUT2D eigenvalue weighted by atomic mass is 10.1. The predicted molar refractivity (Wildman–Crippen MR) is 64.9 cm³/mol. The number of aryl methyl sites for hydroxylation is 2. The van der Waals surface area contributed by atoms with Gasteiger partial charge in [0.05, 0.1) is 13.1 Å². The number of alkyl halides is 3. The summed E-state index contributed by atoms with van der Waals surface area (Å²) in [6, 6.07) is 5.31. The van der Waals surface area contributed by atoms with Gasteiger partial charge in [-0.25, -0.2) is 0 Å². The molecule has 0 atom stereocenters. The fraction of sp³-hybridized carbons (Fsp3) is 0.462. The van der Waals surface area contributed by atoms with Gasteiger partial charge in [-0.1, -0.05) is 18.2 Å². The van der Waals surface area contributed by atoms with E-state index in [0.717, 1.165) is 16.0 Å². The molecule has 0 radical (unpaired) electrons. The van der Waals surface area contributed by atoms with Crippen LogP contribution in [0, 0.1) is 13.8 Å². The highest BCUT2D eigenvalue weighted by atomic mass is 19.4. The molecule has 0 amide bonds. The van der Waals surface area contributed by atoms with Crippen LogP contribution in [-0.2, 0) is 11.3 Å². The third-order valence-electron chi connectivity index (χ3n) is 2.74. The Morgan fingerprint density at radius 3 is 2.37 bits per heavy atom. The van der Waals surface area contributed by atoms with Crippen LogP contribution in [0.25, 0.3) is 0 Å². The molecule has 0 saturated carbocycles. The highest BCUT2D eigenvalue weighted by molar-refractivity contribution is 5.69. The summed E-state index contributed by atoms with van der Waals surface area (Å²) in [4.78, 5) is 11.5. The number of halogens is 3. The first-order valence-electron chi connectivity index (χ1n) is 5.74. The van der Waals surface area contributed by atoms with E-state index in [4.69, 9.17) is 5.11 Å². The number of hydrogen-bond donors (Lipinski definition) is 1. The molecule has 1 aromatic carbocycles. The van der Waals surface area contributed by atoms with Gasteiger partial charge >= 0.3 is 12.1 Å². The Bertz CT molecular complexity index is 458. The first-order chi connectivity index (χ1) is 8.67. The lowest BCUT2D eigenvalue weighted by molar-refractivity contribution is -0.154. The third-order valence-corrected chi connectivity index (χ3v) is 2.74. The van der Waals surface area contributed by atoms with Crippen molar-refractivity contribution >= 4 is 5.97 Å². The Morgan fingerprint density at radius 1 is 1.26 bits per heavy atom. The van der Waals surface area contributed by atoms with Crippen molar-refractivity contribution in [3.63, 3.8) is 0 Å². The molecule has 3 nitrogen and oxygen atoms in total. The average Bonchev–Trinajstić information content (AvgIpc) is 2.20. The van der Waals surface area contributed by atoms with Crippen LogP contribution in [0.1, 0.15) is 16.7 Å². The molecular weight excluding hydrogens is 259 g/mol. The monoisotopic (exact) mass is 275 g/mol. The van der Waals surface area contributed by atoms with Crippen LogP contribution in [0.15, 0.2) is 18.2 Å². The Balaban J connectivity index is 2.81. The summed E-state index contributed by atoms with van der Waals surface area (Å²) in [7, 11) is 0. The van der Waals surface area contributed by atoms with Gasteiger partial charge in [0.25, 0.3) is 0 Å². The molecule has 0 spiro atoms. The number of rotatable bonds is 5. The van der Waals surface area contributed by atoms with Crippen molar-refractivity contribution in [1.82, 2.24) is 4.90 Å². The molecule has 1 rings (SSSR count). The summed E-state index contributed by atoms with van der Waals surface area (Å²) in [6.45, 7) is 1.87. The van der Waals surface area contributed by atoms with Gasteiger partial charge in [0.2, 0.25) is 0 Å². The maximum Gasteiger partial charge on any atom is 0.401 e. The number of benzene rings is 1. The molecule has 0 aliphatic heterocycles. The zero-order valence-electron chi connectivity index (χ0n) is 10.8. The minimum Gasteiger partial charge on any atom is -0.480 e. The highest BCUT2D eigenvalue weighted by Crippen LogP contribution is 2.19. The van der Waals surface area contributed by atoms with Crippen LogP contribution < -0.4 is 0 Å². The van der Waals surface area contributed by atoms with Gasteiger partial charge in [0.15, 0.2) is 0 Å². The molecule has 106 valence electrons. The lowest BCUT2D eigenvalue weighted by Gasteiger charge is -2.22. The van der Waals surface area contributed by atoms with E-state index >= 15 is 0 Å². The van der Waals surface area contributed by atoms with Gasteiger partial charge in [-0.05, 0) is 30.5 Å². The third kappa shape index (κ3) is 5.74. The number of nitrogens with zero attached hydrogens (tertiary/aromatic N) is 1. The normalized spacial score (nSPS) is 11.9. The van der Waals surface area contributed by atoms with Crippen molar-refractivity contribution in [2.24, 2.45) is 0 Å². The van der Waals surface area contributed by atoms with Crippen molar-refractivity contribution < 1.29 is 23.1 Å². The van der Waals surface area contributed by atoms with E-state index in [-0.39, 0.29) is 6.54 Å². The van der Waals surface area contributed by atoms with Gasteiger partial charge in [-0.15, -0.1) is 0 Å². The highest BCUT2D eigenvalue weighted by Gasteiger charge is 2.31. The number of hydrogen-bond acceptors (Lipinski definition) is 2. The summed E-state index contributed by atoms with van der Waals surface area (Å²) in [6.07, 6.45) is -4.41. The van der Waals surface area contributed by atoms with Crippen molar-refractivity contribution in [1.29, 1.82) is 0 Å². The molecule has 0 heterocycles. The number of carbonyl (C=O) groups is 1. The standard InChI is InChI=1S/C13H16F3NO2/c1-9-3-4-11(5-10(9)2)6-17(7-12(18)19)8-13(14,15)16/h3-5H,6-8H2,1-2H3,(H,18,19). The van der Waals surface area contributed by atoms with Crippen molar-refractivity contribution in [3.8, 4) is 0 Å². The Morgan fingerprint density at radius 2 is 1.89 bits per heavy atom. The smallest absolute Gasteiger partial charge is 0.401 e. The Hall–Kier alpha value is -1.56. The summed E-state index contributed by atoms with van der Waals surface area (Å²) < 4.78 is 37.1. The molecular formula is C13H16F3NO2. The second kappa shape index (κ2) is 6.06. The van der Waals surface area contributed by atoms with E-state index in [0.29, 0.717) is 5.56 Å². The number of carboxylic acids is 1. The van der Waals surface area contributed by atoms with Gasteiger partial charge in [-0.3, -0.25) is 9.69 Å². The van der Waals surface area contributed by atoms with Crippen LogP contribution in [-0.4, -0.2) is 35.2 Å². The van der Waals surface area contributed by atoms with Crippen LogP contribution in [0.4, 0.5) is 13.2 Å². The molecule has 0 bridgehead atoms. The SMILES string of the molecule is Cc1ccc(CN(CC(=O)O)CC(F)(F)F)cc1C. The van der Waals surface area contributed by atoms with E-state index in [1.165, 1.54) is 0 Å². The topological polar surface area (TPSA) is 40.5 Å². The minimum absolute atomic E-state index is 0.0348. The molecule has 19 heavy (non-hydrogen) atoms. The summed E-state index contributed by atoms with van der Waals surface area (Å²) in [5.74, 6) is -1.27. The lowest BCUT2D eigenvalue weighted by Crippen LogP contribution is -2.37. The molecule has 1 aromatic rings. The molecule has 1 N–H and O–H groups in total. The maximum atomic E-state index is 12.4. The van der Waals surface area contributed by atoms with Gasteiger partial charge in [0.1, 0.15) is 0 Å². The molecule has 0 aliphatic rings. The minimum atomic E-state index is -4.41. The molecule has 0 saturated heterocycles. The van der Waals surface area contributed by atoms with E-state index in [9.17, 15) is 18.0 Å². The zero-order valence-corrected chi connectivity index (χ0v) is 10.8. The predicted octanol–water partition coefficient (Wildman–Crippen LogP) is 2.75. The fourth-order valence-electron chi connectivity index (χ4n) is 1.77. The summed E-state index contributed by atoms with van der Waals surface area (Å²) in [5, 5.41) is 8.65. The quantitative estimate of drug-likeness (QED) is 0.898. The second-order valence-electron chi connectivity index (χ2n) is 4.57. The van der Waals surface area contributed by atoms with Crippen LogP contribution in [0.3, 0.4) is 0 Å². The zero-order chi connectivity index (χ0) is 14.6. The Labute approximate surface area is 109 Å². The van der Waals surface area contributed by atoms with Gasteiger partial charge in [-0.2, -0.15) is 13.2 Å². The molecule has 0 aliphatic carbocycles. The second-order valence-corrected chi connectivity index (χ2v) is 4.57. The van der Waals surface area contributed by atoms with Crippen LogP contribution in [0.5, 0.6) is 0 Å². The van der Waals surface area contributed by atoms with Crippen molar-refractivity contribution in [2.75, 3.05) is 13.1 Å². The van der Waals surface area contributed by atoms with E-state index < -0.39 is 25.2 Å². The van der Waals surface area contributed by atoms with E-state index in [1.807, 2.05) is 19.9 Å².